The van der Waals surface area contributed by atoms with Gasteiger partial charge in [0.2, 0.25) is 0 Å². The lowest BCUT2D eigenvalue weighted by Gasteiger charge is -2.43. The molecule has 0 saturated carbocycles. The molecule has 0 aromatic heterocycles. The van der Waals surface area contributed by atoms with E-state index in [1.165, 1.54) is 12.0 Å². The second kappa shape index (κ2) is 2.88. The SMILES string of the molecule is CC1=CCC(N)(C(C)(C)C)CC1. The predicted molar refractivity (Wildman–Crippen MR) is 54.0 cm³/mol. The highest BCUT2D eigenvalue weighted by Crippen LogP contribution is 2.38. The molecule has 0 fully saturated rings. The molecule has 0 aromatic rings. The lowest BCUT2D eigenvalue weighted by Crippen LogP contribution is -2.51. The van der Waals surface area contributed by atoms with Crippen LogP contribution >= 0.6 is 0 Å². The van der Waals surface area contributed by atoms with Crippen LogP contribution in [0.25, 0.3) is 0 Å². The van der Waals surface area contributed by atoms with Crippen molar-refractivity contribution in [2.45, 2.75) is 52.5 Å². The Hall–Kier alpha value is -0.300. The Morgan fingerprint density at radius 1 is 1.42 bits per heavy atom. The first kappa shape index (κ1) is 9.79. The van der Waals surface area contributed by atoms with Crippen molar-refractivity contribution in [2.24, 2.45) is 11.1 Å². The van der Waals surface area contributed by atoms with Gasteiger partial charge in [-0.15, -0.1) is 0 Å². The summed E-state index contributed by atoms with van der Waals surface area (Å²) >= 11 is 0. The maximum absolute atomic E-state index is 6.35. The van der Waals surface area contributed by atoms with Gasteiger partial charge in [0.25, 0.3) is 0 Å². The third-order valence-electron chi connectivity index (χ3n) is 3.27. The first-order valence-electron chi connectivity index (χ1n) is 4.80. The zero-order chi connectivity index (χ0) is 9.41. The van der Waals surface area contributed by atoms with Crippen molar-refractivity contribution in [2.75, 3.05) is 0 Å². The molecule has 1 aliphatic rings. The summed E-state index contributed by atoms with van der Waals surface area (Å²) in [6, 6.07) is 0. The van der Waals surface area contributed by atoms with Crippen molar-refractivity contribution >= 4 is 0 Å². The summed E-state index contributed by atoms with van der Waals surface area (Å²) in [6.45, 7) is 8.91. The van der Waals surface area contributed by atoms with Gasteiger partial charge in [0.15, 0.2) is 0 Å². The van der Waals surface area contributed by atoms with Crippen LogP contribution in [0.1, 0.15) is 47.0 Å². The maximum Gasteiger partial charge on any atom is 0.0241 e. The minimum absolute atomic E-state index is 0.0203. The monoisotopic (exact) mass is 167 g/mol. The van der Waals surface area contributed by atoms with E-state index < -0.39 is 0 Å². The fraction of sp³-hybridized carbons (Fsp3) is 0.818. The van der Waals surface area contributed by atoms with E-state index in [9.17, 15) is 0 Å². The third kappa shape index (κ3) is 1.71. The van der Waals surface area contributed by atoms with E-state index in [1.54, 1.807) is 0 Å². The molecule has 0 amide bonds. The highest BCUT2D eigenvalue weighted by molar-refractivity contribution is 5.12. The van der Waals surface area contributed by atoms with E-state index in [1.807, 2.05) is 0 Å². The lowest BCUT2D eigenvalue weighted by molar-refractivity contribution is 0.170. The van der Waals surface area contributed by atoms with Crippen molar-refractivity contribution in [3.05, 3.63) is 11.6 Å². The van der Waals surface area contributed by atoms with E-state index in [0.29, 0.717) is 0 Å². The molecule has 1 heteroatoms. The summed E-state index contributed by atoms with van der Waals surface area (Å²) in [5.74, 6) is 0. The Morgan fingerprint density at radius 3 is 2.33 bits per heavy atom. The normalized spacial score (nSPS) is 31.6. The summed E-state index contributed by atoms with van der Waals surface area (Å²) in [6.07, 6.45) is 5.66. The summed E-state index contributed by atoms with van der Waals surface area (Å²) in [7, 11) is 0. The Balaban J connectivity index is 2.77. The topological polar surface area (TPSA) is 26.0 Å². The molecule has 0 saturated heterocycles. The number of hydrogen-bond acceptors (Lipinski definition) is 1. The molecule has 12 heavy (non-hydrogen) atoms. The Bertz CT molecular complexity index is 198. The molecule has 0 aliphatic heterocycles. The van der Waals surface area contributed by atoms with Crippen molar-refractivity contribution in [1.82, 2.24) is 0 Å². The summed E-state index contributed by atoms with van der Waals surface area (Å²) in [4.78, 5) is 0. The molecular formula is C11H21N. The Morgan fingerprint density at radius 2 is 2.00 bits per heavy atom. The van der Waals surface area contributed by atoms with Crippen LogP contribution in [-0.4, -0.2) is 5.54 Å². The fourth-order valence-electron chi connectivity index (χ4n) is 1.66. The van der Waals surface area contributed by atoms with Crippen molar-refractivity contribution in [3.63, 3.8) is 0 Å². The highest BCUT2D eigenvalue weighted by Gasteiger charge is 2.38. The molecule has 0 aromatic carbocycles. The van der Waals surface area contributed by atoms with E-state index in [2.05, 4.69) is 33.8 Å². The summed E-state index contributed by atoms with van der Waals surface area (Å²) in [5.41, 5.74) is 8.10. The molecule has 2 N–H and O–H groups in total. The number of hydrogen-bond donors (Lipinski definition) is 1. The van der Waals surface area contributed by atoms with E-state index in [4.69, 9.17) is 5.73 Å². The largest absolute Gasteiger partial charge is 0.324 e. The van der Waals surface area contributed by atoms with Crippen LogP contribution in [-0.2, 0) is 0 Å². The standard InChI is InChI=1S/C11H21N/c1-9-5-7-11(12,8-6-9)10(2,3)4/h5H,6-8,12H2,1-4H3. The van der Waals surface area contributed by atoms with Crippen molar-refractivity contribution < 1.29 is 0 Å². The van der Waals surface area contributed by atoms with Gasteiger partial charge in [-0.2, -0.15) is 0 Å². The lowest BCUT2D eigenvalue weighted by atomic mass is 9.67. The average Bonchev–Trinajstić information content (AvgIpc) is 1.93. The van der Waals surface area contributed by atoms with E-state index >= 15 is 0 Å². The molecule has 1 unspecified atom stereocenters. The van der Waals surface area contributed by atoms with Gasteiger partial charge in [0.05, 0.1) is 0 Å². The molecule has 1 nitrogen and oxygen atoms in total. The minimum atomic E-state index is 0.0203. The molecule has 1 atom stereocenters. The van der Waals surface area contributed by atoms with Crippen LogP contribution in [0.4, 0.5) is 0 Å². The number of allylic oxidation sites excluding steroid dienone is 1. The molecule has 0 heterocycles. The van der Waals surface area contributed by atoms with Crippen LogP contribution in [0.3, 0.4) is 0 Å². The maximum atomic E-state index is 6.35. The van der Waals surface area contributed by atoms with Crippen LogP contribution in [0.15, 0.2) is 11.6 Å². The zero-order valence-electron chi connectivity index (χ0n) is 8.78. The van der Waals surface area contributed by atoms with E-state index in [-0.39, 0.29) is 11.0 Å². The third-order valence-corrected chi connectivity index (χ3v) is 3.27. The van der Waals surface area contributed by atoms with Gasteiger partial charge in [-0.25, -0.2) is 0 Å². The van der Waals surface area contributed by atoms with Crippen LogP contribution in [0.2, 0.25) is 0 Å². The zero-order valence-corrected chi connectivity index (χ0v) is 8.78. The first-order valence-corrected chi connectivity index (χ1v) is 4.80. The van der Waals surface area contributed by atoms with Crippen LogP contribution in [0.5, 0.6) is 0 Å². The predicted octanol–water partition coefficient (Wildman–Crippen LogP) is 2.86. The van der Waals surface area contributed by atoms with Gasteiger partial charge >= 0.3 is 0 Å². The molecule has 70 valence electrons. The van der Waals surface area contributed by atoms with Gasteiger partial charge in [-0.1, -0.05) is 32.4 Å². The van der Waals surface area contributed by atoms with Gasteiger partial charge in [-0.3, -0.25) is 0 Å². The molecule has 1 rings (SSSR count). The Labute approximate surface area is 76.0 Å². The second-order valence-corrected chi connectivity index (χ2v) is 5.16. The highest BCUT2D eigenvalue weighted by atomic mass is 14.8. The molecule has 0 radical (unpaired) electrons. The first-order chi connectivity index (χ1) is 5.35. The van der Waals surface area contributed by atoms with Crippen molar-refractivity contribution in [3.8, 4) is 0 Å². The molecule has 1 aliphatic carbocycles. The van der Waals surface area contributed by atoms with Crippen LogP contribution < -0.4 is 5.73 Å². The molecular weight excluding hydrogens is 146 g/mol. The summed E-state index contributed by atoms with van der Waals surface area (Å²) < 4.78 is 0. The van der Waals surface area contributed by atoms with Gasteiger partial charge in [-0.05, 0) is 31.6 Å². The van der Waals surface area contributed by atoms with Crippen molar-refractivity contribution in [1.29, 1.82) is 0 Å². The van der Waals surface area contributed by atoms with Gasteiger partial charge < -0.3 is 5.73 Å². The van der Waals surface area contributed by atoms with Gasteiger partial charge in [0.1, 0.15) is 0 Å². The molecule has 0 bridgehead atoms. The minimum Gasteiger partial charge on any atom is -0.324 e. The Kier molecular flexibility index (Phi) is 2.35. The second-order valence-electron chi connectivity index (χ2n) is 5.16. The van der Waals surface area contributed by atoms with Crippen LogP contribution in [0, 0.1) is 5.41 Å². The smallest absolute Gasteiger partial charge is 0.0241 e. The molecule has 0 spiro atoms. The summed E-state index contributed by atoms with van der Waals surface area (Å²) in [5, 5.41) is 0. The number of nitrogens with two attached hydrogens (primary N) is 1. The van der Waals surface area contributed by atoms with E-state index in [0.717, 1.165) is 12.8 Å². The number of rotatable bonds is 0. The van der Waals surface area contributed by atoms with Gasteiger partial charge in [0, 0.05) is 5.54 Å². The average molecular weight is 167 g/mol. The fourth-order valence-corrected chi connectivity index (χ4v) is 1.66. The quantitative estimate of drug-likeness (QED) is 0.552.